The Kier molecular flexibility index (Phi) is 7.63. The second-order valence-electron chi connectivity index (χ2n) is 8.89. The smallest absolute Gasteiger partial charge is 0.0857 e. The van der Waals surface area contributed by atoms with E-state index in [9.17, 15) is 0 Å². The van der Waals surface area contributed by atoms with E-state index < -0.39 is 8.07 Å². The van der Waals surface area contributed by atoms with Crippen molar-refractivity contribution in [1.82, 2.24) is 15.0 Å². The van der Waals surface area contributed by atoms with Crippen molar-refractivity contribution < 1.29 is 0 Å². The highest BCUT2D eigenvalue weighted by molar-refractivity contribution is 6.81. The van der Waals surface area contributed by atoms with Crippen LogP contribution in [0.5, 0.6) is 0 Å². The van der Waals surface area contributed by atoms with Crippen molar-refractivity contribution in [2.24, 2.45) is 0 Å². The predicted octanol–water partition coefficient (Wildman–Crippen LogP) is 6.50. The van der Waals surface area contributed by atoms with E-state index in [-0.39, 0.29) is 0 Å². The van der Waals surface area contributed by atoms with Gasteiger partial charge in [-0.15, -0.1) is 24.8 Å². The lowest BCUT2D eigenvalue weighted by Gasteiger charge is -2.33. The van der Waals surface area contributed by atoms with E-state index >= 15 is 0 Å². The molecule has 144 valence electrons. The van der Waals surface area contributed by atoms with Crippen LogP contribution in [0.25, 0.3) is 0 Å². The molecule has 0 N–H and O–H groups in total. The van der Waals surface area contributed by atoms with Crippen LogP contribution in [0, 0.1) is 0 Å². The van der Waals surface area contributed by atoms with E-state index in [2.05, 4.69) is 61.7 Å². The van der Waals surface area contributed by atoms with Crippen molar-refractivity contribution in [2.75, 3.05) is 0 Å². The predicted molar refractivity (Wildman–Crippen MR) is 115 cm³/mol. The molecule has 0 bridgehead atoms. The monoisotopic (exact) mass is 371 g/mol. The maximum atomic E-state index is 4.44. The molecule has 1 saturated carbocycles. The molecule has 1 aliphatic carbocycles. The largest absolute Gasteiger partial charge is 0.252 e. The SMILES string of the molecule is C=C(C)C[Si](CCCn1cc(C2CCCC2)nn1)(CC(=C)C)CC(=C)C. The first-order valence-electron chi connectivity index (χ1n) is 10.1. The lowest BCUT2D eigenvalue weighted by molar-refractivity contribution is 0.575. The molecular formula is C22H37N3Si. The Morgan fingerprint density at radius 1 is 1.04 bits per heavy atom. The molecule has 26 heavy (non-hydrogen) atoms. The summed E-state index contributed by atoms with van der Waals surface area (Å²) in [5.74, 6) is 0.646. The van der Waals surface area contributed by atoms with Gasteiger partial charge in [0.25, 0.3) is 0 Å². The maximum Gasteiger partial charge on any atom is 0.0857 e. The summed E-state index contributed by atoms with van der Waals surface area (Å²) in [4.78, 5) is 0. The third-order valence-electron chi connectivity index (χ3n) is 5.45. The number of aromatic nitrogens is 3. The second-order valence-corrected chi connectivity index (χ2v) is 13.5. The van der Waals surface area contributed by atoms with E-state index in [1.54, 1.807) is 0 Å². The summed E-state index contributed by atoms with van der Waals surface area (Å²) < 4.78 is 2.06. The van der Waals surface area contributed by atoms with E-state index in [4.69, 9.17) is 0 Å². The summed E-state index contributed by atoms with van der Waals surface area (Å²) in [6, 6.07) is 4.81. The highest BCUT2D eigenvalue weighted by Gasteiger charge is 2.32. The summed E-state index contributed by atoms with van der Waals surface area (Å²) in [5.41, 5.74) is 5.13. The molecule has 1 fully saturated rings. The first-order chi connectivity index (χ1) is 12.3. The molecule has 0 amide bonds. The van der Waals surface area contributed by atoms with E-state index in [0.29, 0.717) is 5.92 Å². The van der Waals surface area contributed by atoms with Gasteiger partial charge in [0.05, 0.1) is 13.8 Å². The Morgan fingerprint density at radius 2 is 1.58 bits per heavy atom. The van der Waals surface area contributed by atoms with Crippen molar-refractivity contribution in [3.63, 3.8) is 0 Å². The van der Waals surface area contributed by atoms with Crippen LogP contribution in [0.15, 0.2) is 42.7 Å². The van der Waals surface area contributed by atoms with Crippen molar-refractivity contribution in [3.05, 3.63) is 48.3 Å². The number of hydrogen-bond acceptors (Lipinski definition) is 2. The van der Waals surface area contributed by atoms with Crippen LogP contribution in [-0.2, 0) is 6.54 Å². The van der Waals surface area contributed by atoms with Crippen molar-refractivity contribution in [3.8, 4) is 0 Å². The summed E-state index contributed by atoms with van der Waals surface area (Å²) in [6.07, 6.45) is 8.60. The van der Waals surface area contributed by atoms with Gasteiger partial charge in [-0.3, -0.25) is 4.68 Å². The molecule has 0 spiro atoms. The first-order valence-corrected chi connectivity index (χ1v) is 13.0. The quantitative estimate of drug-likeness (QED) is 0.328. The van der Waals surface area contributed by atoms with Gasteiger partial charge in [-0.25, -0.2) is 0 Å². The Labute approximate surface area is 161 Å². The third kappa shape index (κ3) is 6.38. The minimum Gasteiger partial charge on any atom is -0.252 e. The van der Waals surface area contributed by atoms with Gasteiger partial charge in [-0.05, 0) is 58.2 Å². The van der Waals surface area contributed by atoms with Crippen LogP contribution in [0.4, 0.5) is 0 Å². The van der Waals surface area contributed by atoms with Gasteiger partial charge in [0.15, 0.2) is 0 Å². The molecule has 1 aromatic heterocycles. The highest BCUT2D eigenvalue weighted by Crippen LogP contribution is 2.35. The van der Waals surface area contributed by atoms with Crippen LogP contribution in [-0.4, -0.2) is 23.1 Å². The lowest BCUT2D eigenvalue weighted by atomic mass is 10.1. The fourth-order valence-electron chi connectivity index (χ4n) is 4.82. The molecule has 3 nitrogen and oxygen atoms in total. The average Bonchev–Trinajstić information content (AvgIpc) is 3.15. The molecule has 0 atom stereocenters. The summed E-state index contributed by atoms with van der Waals surface area (Å²) in [7, 11) is -1.52. The zero-order chi connectivity index (χ0) is 19.2. The van der Waals surface area contributed by atoms with Gasteiger partial charge in [0.1, 0.15) is 0 Å². The Bertz CT molecular complexity index is 597. The maximum absolute atomic E-state index is 4.44. The molecule has 0 aliphatic heterocycles. The van der Waals surface area contributed by atoms with Crippen LogP contribution in [0.1, 0.15) is 64.5 Å². The Morgan fingerprint density at radius 3 is 2.08 bits per heavy atom. The number of nitrogens with zero attached hydrogens (tertiary/aromatic N) is 3. The molecule has 0 unspecified atom stereocenters. The fraction of sp³-hybridized carbons (Fsp3) is 0.636. The Balaban J connectivity index is 1.99. The zero-order valence-corrected chi connectivity index (χ0v) is 18.2. The van der Waals surface area contributed by atoms with Crippen molar-refractivity contribution in [1.29, 1.82) is 0 Å². The molecular weight excluding hydrogens is 334 g/mol. The Hall–Kier alpha value is -1.42. The van der Waals surface area contributed by atoms with Crippen LogP contribution >= 0.6 is 0 Å². The number of rotatable bonds is 11. The van der Waals surface area contributed by atoms with Gasteiger partial charge in [-0.2, -0.15) is 0 Å². The molecule has 1 aliphatic rings. The number of aryl methyl sites for hydroxylation is 1. The second kappa shape index (κ2) is 9.49. The third-order valence-corrected chi connectivity index (χ3v) is 10.9. The highest BCUT2D eigenvalue weighted by atomic mass is 28.3. The van der Waals surface area contributed by atoms with E-state index in [1.165, 1.54) is 72.3 Å². The summed E-state index contributed by atoms with van der Waals surface area (Å²) in [6.45, 7) is 20.1. The van der Waals surface area contributed by atoms with E-state index in [0.717, 1.165) is 13.0 Å². The zero-order valence-electron chi connectivity index (χ0n) is 17.2. The number of hydrogen-bond donors (Lipinski definition) is 0. The molecule has 2 rings (SSSR count). The topological polar surface area (TPSA) is 30.7 Å². The van der Waals surface area contributed by atoms with Crippen LogP contribution in [0.3, 0.4) is 0 Å². The molecule has 0 aromatic carbocycles. The number of allylic oxidation sites excluding steroid dienone is 3. The van der Waals surface area contributed by atoms with Gasteiger partial charge >= 0.3 is 0 Å². The molecule has 1 aromatic rings. The molecule has 0 saturated heterocycles. The standard InChI is InChI=1S/C22H37N3Si/c1-18(2)15-26(16-19(3)4,17-20(5)6)13-9-12-25-14-22(23-24-25)21-10-7-8-11-21/h14,21H,1,3,5,7-13,15-17H2,2,4,6H3. The minimum atomic E-state index is -1.52. The molecule has 1 heterocycles. The summed E-state index contributed by atoms with van der Waals surface area (Å²) in [5, 5.41) is 8.83. The van der Waals surface area contributed by atoms with Crippen molar-refractivity contribution in [2.45, 2.75) is 89.5 Å². The summed E-state index contributed by atoms with van der Waals surface area (Å²) >= 11 is 0. The van der Waals surface area contributed by atoms with Gasteiger partial charge in [0, 0.05) is 18.7 Å². The van der Waals surface area contributed by atoms with Gasteiger partial charge in [0.2, 0.25) is 0 Å². The fourth-order valence-corrected chi connectivity index (χ4v) is 10.5. The first kappa shape index (κ1) is 20.9. The van der Waals surface area contributed by atoms with Crippen LogP contribution < -0.4 is 0 Å². The van der Waals surface area contributed by atoms with Crippen molar-refractivity contribution >= 4 is 8.07 Å². The molecule has 0 radical (unpaired) electrons. The average molecular weight is 372 g/mol. The molecule has 4 heteroatoms. The van der Waals surface area contributed by atoms with Crippen LogP contribution in [0.2, 0.25) is 24.2 Å². The lowest BCUT2D eigenvalue weighted by Crippen LogP contribution is -2.35. The normalized spacial score (nSPS) is 15.3. The minimum absolute atomic E-state index is 0.646. The van der Waals surface area contributed by atoms with E-state index in [1.807, 2.05) is 0 Å². The van der Waals surface area contributed by atoms with Gasteiger partial charge < -0.3 is 0 Å². The van der Waals surface area contributed by atoms with Gasteiger partial charge in [-0.1, -0.05) is 40.8 Å².